The van der Waals surface area contributed by atoms with Gasteiger partial charge in [-0.2, -0.15) is 5.26 Å². The molecule has 4 heteroatoms. The number of halogens is 1. The summed E-state index contributed by atoms with van der Waals surface area (Å²) in [5.41, 5.74) is 1.89. The Kier molecular flexibility index (Phi) is 3.60. The highest BCUT2D eigenvalue weighted by molar-refractivity contribution is 6.31. The maximum absolute atomic E-state index is 8.94. The molecule has 1 aromatic carbocycles. The van der Waals surface area contributed by atoms with Crippen LogP contribution in [0.3, 0.4) is 0 Å². The Morgan fingerprint density at radius 3 is 2.94 bits per heavy atom. The first-order chi connectivity index (χ1) is 8.52. The molecule has 0 saturated carbocycles. The Labute approximate surface area is 112 Å². The van der Waals surface area contributed by atoms with E-state index in [4.69, 9.17) is 16.9 Å². The Morgan fingerprint density at radius 1 is 1.44 bits per heavy atom. The number of nitrogens with zero attached hydrogens (tertiary/aromatic N) is 1. The molecule has 2 aromatic rings. The summed E-state index contributed by atoms with van der Waals surface area (Å²) >= 11 is 5.94. The van der Waals surface area contributed by atoms with Crippen LogP contribution in [-0.2, 0) is 6.54 Å². The lowest BCUT2D eigenvalue weighted by atomic mass is 9.96. The van der Waals surface area contributed by atoms with Gasteiger partial charge in [0.15, 0.2) is 0 Å². The number of rotatable bonds is 4. The highest BCUT2D eigenvalue weighted by Gasteiger charge is 2.15. The minimum atomic E-state index is -0.338. The van der Waals surface area contributed by atoms with Crippen LogP contribution in [-0.4, -0.2) is 11.5 Å². The number of nitriles is 1. The van der Waals surface area contributed by atoms with Gasteiger partial charge in [0, 0.05) is 35.2 Å². The number of nitrogens with one attached hydrogen (secondary N) is 2. The molecule has 1 aromatic heterocycles. The Hall–Kier alpha value is -1.50. The van der Waals surface area contributed by atoms with Crippen molar-refractivity contribution in [3.63, 3.8) is 0 Å². The molecule has 0 aliphatic rings. The van der Waals surface area contributed by atoms with Crippen LogP contribution >= 0.6 is 11.6 Å². The fourth-order valence-corrected chi connectivity index (χ4v) is 2.03. The smallest absolute Gasteiger partial charge is 0.0697 e. The van der Waals surface area contributed by atoms with Gasteiger partial charge >= 0.3 is 0 Å². The predicted molar refractivity (Wildman–Crippen MR) is 74.4 cm³/mol. The molecule has 0 aliphatic carbocycles. The number of hydrogen-bond acceptors (Lipinski definition) is 2. The molecule has 2 N–H and O–H groups in total. The minimum absolute atomic E-state index is 0.338. The molecule has 0 amide bonds. The predicted octanol–water partition coefficient (Wildman–Crippen LogP) is 3.46. The van der Waals surface area contributed by atoms with Gasteiger partial charge in [0.25, 0.3) is 0 Å². The zero-order chi connectivity index (χ0) is 13.2. The van der Waals surface area contributed by atoms with Crippen LogP contribution in [0.15, 0.2) is 24.4 Å². The average Bonchev–Trinajstić information content (AvgIpc) is 2.71. The first kappa shape index (κ1) is 12.9. The summed E-state index contributed by atoms with van der Waals surface area (Å²) in [6, 6.07) is 8.10. The van der Waals surface area contributed by atoms with E-state index < -0.39 is 0 Å². The van der Waals surface area contributed by atoms with Gasteiger partial charge in [-0.1, -0.05) is 17.7 Å². The van der Waals surface area contributed by atoms with E-state index >= 15 is 0 Å². The van der Waals surface area contributed by atoms with Crippen molar-refractivity contribution in [1.82, 2.24) is 10.3 Å². The van der Waals surface area contributed by atoms with Gasteiger partial charge in [-0.05, 0) is 31.5 Å². The third-order valence-corrected chi connectivity index (χ3v) is 3.15. The second-order valence-corrected chi connectivity index (χ2v) is 5.54. The van der Waals surface area contributed by atoms with Crippen LogP contribution in [0.1, 0.15) is 19.4 Å². The van der Waals surface area contributed by atoms with E-state index in [0.717, 1.165) is 17.1 Å². The lowest BCUT2D eigenvalue weighted by molar-refractivity contribution is 0.445. The summed E-state index contributed by atoms with van der Waals surface area (Å²) in [6.07, 6.45) is 1.98. The first-order valence-electron chi connectivity index (χ1n) is 5.89. The van der Waals surface area contributed by atoms with Crippen molar-refractivity contribution in [1.29, 1.82) is 5.26 Å². The fraction of sp³-hybridized carbons (Fsp3) is 0.357. The van der Waals surface area contributed by atoms with Gasteiger partial charge in [-0.25, -0.2) is 0 Å². The summed E-state index contributed by atoms with van der Waals surface area (Å²) < 4.78 is 0. The van der Waals surface area contributed by atoms with Gasteiger partial charge in [-0.3, -0.25) is 0 Å². The highest BCUT2D eigenvalue weighted by Crippen LogP contribution is 2.22. The Morgan fingerprint density at radius 2 is 2.22 bits per heavy atom. The summed E-state index contributed by atoms with van der Waals surface area (Å²) in [5.74, 6) is 0. The summed E-state index contributed by atoms with van der Waals surface area (Å²) in [5, 5.41) is 14.2. The summed E-state index contributed by atoms with van der Waals surface area (Å²) in [7, 11) is 0. The maximum atomic E-state index is 8.94. The molecule has 18 heavy (non-hydrogen) atoms. The quantitative estimate of drug-likeness (QED) is 0.886. The van der Waals surface area contributed by atoms with E-state index in [9.17, 15) is 0 Å². The average molecular weight is 262 g/mol. The lowest BCUT2D eigenvalue weighted by Crippen LogP contribution is -2.27. The van der Waals surface area contributed by atoms with Crippen molar-refractivity contribution in [2.24, 2.45) is 5.41 Å². The third-order valence-electron chi connectivity index (χ3n) is 2.91. The molecule has 0 atom stereocenters. The molecule has 0 bridgehead atoms. The third kappa shape index (κ3) is 2.84. The van der Waals surface area contributed by atoms with E-state index in [-0.39, 0.29) is 5.41 Å². The summed E-state index contributed by atoms with van der Waals surface area (Å²) in [6.45, 7) is 5.26. The van der Waals surface area contributed by atoms with Crippen molar-refractivity contribution in [2.45, 2.75) is 20.4 Å². The Balaban J connectivity index is 2.07. The number of H-pyrrole nitrogens is 1. The number of aromatic nitrogens is 1. The topological polar surface area (TPSA) is 51.6 Å². The second kappa shape index (κ2) is 5.01. The van der Waals surface area contributed by atoms with Crippen LogP contribution < -0.4 is 5.32 Å². The van der Waals surface area contributed by atoms with Crippen LogP contribution in [0.2, 0.25) is 5.02 Å². The molecular weight excluding hydrogens is 246 g/mol. The van der Waals surface area contributed by atoms with Crippen molar-refractivity contribution in [3.8, 4) is 6.07 Å². The second-order valence-electron chi connectivity index (χ2n) is 5.10. The van der Waals surface area contributed by atoms with Gasteiger partial charge in [-0.15, -0.1) is 0 Å². The largest absolute Gasteiger partial charge is 0.361 e. The molecule has 0 fully saturated rings. The zero-order valence-electron chi connectivity index (χ0n) is 10.5. The molecule has 0 unspecified atom stereocenters. The number of hydrogen-bond donors (Lipinski definition) is 2. The number of benzene rings is 1. The van der Waals surface area contributed by atoms with E-state index in [1.807, 2.05) is 38.2 Å². The summed E-state index contributed by atoms with van der Waals surface area (Å²) in [4.78, 5) is 3.20. The molecule has 3 nitrogen and oxygen atoms in total. The highest BCUT2D eigenvalue weighted by atomic mass is 35.5. The maximum Gasteiger partial charge on any atom is 0.0697 e. The molecular formula is C14H16ClN3. The SMILES string of the molecule is CC(C)(C#N)CNCc1c[nH]c2cc(Cl)ccc12. The van der Waals surface area contributed by atoms with Gasteiger partial charge in [0.05, 0.1) is 11.5 Å². The van der Waals surface area contributed by atoms with E-state index in [1.165, 1.54) is 10.9 Å². The zero-order valence-corrected chi connectivity index (χ0v) is 11.3. The minimum Gasteiger partial charge on any atom is -0.361 e. The van der Waals surface area contributed by atoms with Crippen molar-refractivity contribution in [3.05, 3.63) is 35.0 Å². The van der Waals surface area contributed by atoms with Gasteiger partial charge < -0.3 is 10.3 Å². The Bertz CT molecular complexity index is 593. The first-order valence-corrected chi connectivity index (χ1v) is 6.27. The molecule has 0 saturated heterocycles. The van der Waals surface area contributed by atoms with Crippen LogP contribution in [0.5, 0.6) is 0 Å². The van der Waals surface area contributed by atoms with Crippen LogP contribution in [0, 0.1) is 16.7 Å². The fourth-order valence-electron chi connectivity index (χ4n) is 1.85. The standard InChI is InChI=1S/C14H16ClN3/c1-14(2,8-16)9-17-6-10-7-18-13-5-11(15)3-4-12(10)13/h3-5,7,17-18H,6,9H2,1-2H3. The lowest BCUT2D eigenvalue weighted by Gasteiger charge is -2.15. The van der Waals surface area contributed by atoms with E-state index in [1.54, 1.807) is 0 Å². The molecule has 1 heterocycles. The normalized spacial score (nSPS) is 11.7. The molecule has 94 valence electrons. The van der Waals surface area contributed by atoms with Gasteiger partial charge in [0.2, 0.25) is 0 Å². The molecule has 0 aliphatic heterocycles. The molecule has 0 spiro atoms. The van der Waals surface area contributed by atoms with Crippen molar-refractivity contribution in [2.75, 3.05) is 6.54 Å². The van der Waals surface area contributed by atoms with Crippen molar-refractivity contribution >= 4 is 22.5 Å². The van der Waals surface area contributed by atoms with Crippen LogP contribution in [0.4, 0.5) is 0 Å². The van der Waals surface area contributed by atoms with Crippen molar-refractivity contribution < 1.29 is 0 Å². The van der Waals surface area contributed by atoms with Crippen LogP contribution in [0.25, 0.3) is 10.9 Å². The monoisotopic (exact) mass is 261 g/mol. The van der Waals surface area contributed by atoms with Gasteiger partial charge in [0.1, 0.15) is 0 Å². The molecule has 0 radical (unpaired) electrons. The number of aromatic amines is 1. The number of fused-ring (bicyclic) bond motifs is 1. The van der Waals surface area contributed by atoms with E-state index in [0.29, 0.717) is 6.54 Å². The van der Waals surface area contributed by atoms with E-state index in [2.05, 4.69) is 16.4 Å². The molecule has 2 rings (SSSR count).